The van der Waals surface area contributed by atoms with Crippen molar-refractivity contribution in [3.8, 4) is 0 Å². The van der Waals surface area contributed by atoms with Gasteiger partial charge in [0, 0.05) is 33.0 Å². The Labute approximate surface area is 148 Å². The van der Waals surface area contributed by atoms with E-state index in [9.17, 15) is 4.79 Å². The van der Waals surface area contributed by atoms with Gasteiger partial charge in [0.25, 0.3) is 0 Å². The Bertz CT molecular complexity index is 686. The Morgan fingerprint density at radius 1 is 1.36 bits per heavy atom. The second kappa shape index (κ2) is 8.25. The number of rotatable bonds is 7. The van der Waals surface area contributed by atoms with Gasteiger partial charge in [-0.15, -0.1) is 0 Å². The van der Waals surface area contributed by atoms with Crippen LogP contribution >= 0.6 is 0 Å². The summed E-state index contributed by atoms with van der Waals surface area (Å²) in [7, 11) is 0. The normalized spacial score (nSPS) is 17.8. The summed E-state index contributed by atoms with van der Waals surface area (Å²) in [5, 5.41) is 3.92. The molecule has 3 rings (SSSR count). The van der Waals surface area contributed by atoms with Crippen LogP contribution in [0.1, 0.15) is 37.0 Å². The van der Waals surface area contributed by atoms with Crippen molar-refractivity contribution in [3.63, 3.8) is 0 Å². The molecule has 0 aliphatic carbocycles. The van der Waals surface area contributed by atoms with Crippen LogP contribution in [0.25, 0.3) is 0 Å². The zero-order chi connectivity index (χ0) is 17.6. The van der Waals surface area contributed by atoms with Crippen molar-refractivity contribution in [1.29, 1.82) is 0 Å². The topological polar surface area (TPSA) is 62.5 Å². The maximum absolute atomic E-state index is 12.1. The molecule has 0 bridgehead atoms. The number of aromatic nitrogens is 2. The third-order valence-corrected chi connectivity index (χ3v) is 4.76. The van der Waals surface area contributed by atoms with E-state index in [2.05, 4.69) is 45.4 Å². The number of benzene rings is 1. The summed E-state index contributed by atoms with van der Waals surface area (Å²) in [6.07, 6.45) is 3.24. The molecule has 1 aliphatic heterocycles. The van der Waals surface area contributed by atoms with Gasteiger partial charge in [-0.05, 0) is 31.4 Å². The molecule has 1 aromatic carbocycles. The Kier molecular flexibility index (Phi) is 5.81. The van der Waals surface area contributed by atoms with E-state index < -0.39 is 0 Å². The standard InChI is InChI=1S/C19H26N4O2/c1-15-20-19(21-25-15)14-23(16(2)24)18-10-12-22(13-18)11-6-9-17-7-4-3-5-8-17/h3-5,7-8,18H,6,9-14H2,1-2H3. The first kappa shape index (κ1) is 17.6. The summed E-state index contributed by atoms with van der Waals surface area (Å²) in [4.78, 5) is 20.6. The molecule has 1 unspecified atom stereocenters. The van der Waals surface area contributed by atoms with Crippen LogP contribution in [0.3, 0.4) is 0 Å². The van der Waals surface area contributed by atoms with Crippen LogP contribution in [0.15, 0.2) is 34.9 Å². The highest BCUT2D eigenvalue weighted by Crippen LogP contribution is 2.18. The number of nitrogens with zero attached hydrogens (tertiary/aromatic N) is 4. The summed E-state index contributed by atoms with van der Waals surface area (Å²) < 4.78 is 5.01. The lowest BCUT2D eigenvalue weighted by Crippen LogP contribution is -2.40. The van der Waals surface area contributed by atoms with Crippen LogP contribution in [0, 0.1) is 6.92 Å². The van der Waals surface area contributed by atoms with Gasteiger partial charge in [0.05, 0.1) is 6.54 Å². The van der Waals surface area contributed by atoms with Gasteiger partial charge in [-0.25, -0.2) is 0 Å². The summed E-state index contributed by atoms with van der Waals surface area (Å²) in [5.74, 6) is 1.18. The number of carbonyl (C=O) groups is 1. The van der Waals surface area contributed by atoms with E-state index in [0.717, 1.165) is 38.9 Å². The second-order valence-electron chi connectivity index (χ2n) is 6.71. The van der Waals surface area contributed by atoms with Gasteiger partial charge in [0.2, 0.25) is 11.8 Å². The molecule has 6 nitrogen and oxygen atoms in total. The summed E-state index contributed by atoms with van der Waals surface area (Å²) in [6.45, 7) is 6.83. The van der Waals surface area contributed by atoms with Gasteiger partial charge in [0.15, 0.2) is 5.82 Å². The van der Waals surface area contributed by atoms with Crippen molar-refractivity contribution in [1.82, 2.24) is 19.9 Å². The SMILES string of the molecule is CC(=O)N(Cc1noc(C)n1)C1CCN(CCCc2ccccc2)C1. The zero-order valence-corrected chi connectivity index (χ0v) is 15.0. The Morgan fingerprint density at radius 2 is 2.16 bits per heavy atom. The largest absolute Gasteiger partial charge is 0.340 e. The highest BCUT2D eigenvalue weighted by Gasteiger charge is 2.29. The van der Waals surface area contributed by atoms with E-state index in [1.165, 1.54) is 5.56 Å². The molecule has 0 N–H and O–H groups in total. The van der Waals surface area contributed by atoms with E-state index in [-0.39, 0.29) is 11.9 Å². The quantitative estimate of drug-likeness (QED) is 0.773. The minimum atomic E-state index is 0.0681. The van der Waals surface area contributed by atoms with Crippen LogP contribution in [0.2, 0.25) is 0 Å². The van der Waals surface area contributed by atoms with Gasteiger partial charge < -0.3 is 14.3 Å². The van der Waals surface area contributed by atoms with Gasteiger partial charge in [-0.2, -0.15) is 4.98 Å². The number of amides is 1. The molecule has 2 aromatic rings. The van der Waals surface area contributed by atoms with Crippen molar-refractivity contribution >= 4 is 5.91 Å². The summed E-state index contributed by atoms with van der Waals surface area (Å²) in [6, 6.07) is 10.8. The van der Waals surface area contributed by atoms with Gasteiger partial charge in [-0.3, -0.25) is 4.79 Å². The molecule has 134 valence electrons. The number of hydrogen-bond donors (Lipinski definition) is 0. The van der Waals surface area contributed by atoms with Crippen molar-refractivity contribution in [2.75, 3.05) is 19.6 Å². The van der Waals surface area contributed by atoms with Gasteiger partial charge in [0.1, 0.15) is 0 Å². The molecule has 0 radical (unpaired) electrons. The van der Waals surface area contributed by atoms with Crippen LogP contribution in [0.5, 0.6) is 0 Å². The fraction of sp³-hybridized carbons (Fsp3) is 0.526. The molecule has 1 aromatic heterocycles. The van der Waals surface area contributed by atoms with Gasteiger partial charge in [-0.1, -0.05) is 35.5 Å². The van der Waals surface area contributed by atoms with Crippen molar-refractivity contribution in [2.45, 2.75) is 45.7 Å². The Hall–Kier alpha value is -2.21. The number of hydrogen-bond acceptors (Lipinski definition) is 5. The van der Waals surface area contributed by atoms with Crippen molar-refractivity contribution in [3.05, 3.63) is 47.6 Å². The summed E-state index contributed by atoms with van der Waals surface area (Å²) in [5.41, 5.74) is 1.39. The molecule has 1 amide bonds. The molecule has 6 heteroatoms. The van der Waals surface area contributed by atoms with Gasteiger partial charge >= 0.3 is 0 Å². The number of aryl methyl sites for hydroxylation is 2. The predicted molar refractivity (Wildman–Crippen MR) is 94.9 cm³/mol. The highest BCUT2D eigenvalue weighted by atomic mass is 16.5. The highest BCUT2D eigenvalue weighted by molar-refractivity contribution is 5.73. The molecule has 2 heterocycles. The lowest BCUT2D eigenvalue weighted by atomic mass is 10.1. The summed E-state index contributed by atoms with van der Waals surface area (Å²) >= 11 is 0. The molecule has 0 spiro atoms. The first-order valence-corrected chi connectivity index (χ1v) is 8.94. The van der Waals surface area contributed by atoms with E-state index in [0.29, 0.717) is 18.3 Å². The molecule has 1 aliphatic rings. The predicted octanol–water partition coefficient (Wildman–Crippen LogP) is 2.43. The molecular formula is C19H26N4O2. The van der Waals surface area contributed by atoms with Crippen molar-refractivity contribution < 1.29 is 9.32 Å². The van der Waals surface area contributed by atoms with E-state index >= 15 is 0 Å². The average Bonchev–Trinajstić information content (AvgIpc) is 3.22. The molecule has 1 atom stereocenters. The number of likely N-dealkylation sites (tertiary alicyclic amines) is 1. The minimum Gasteiger partial charge on any atom is -0.340 e. The van der Waals surface area contributed by atoms with Crippen LogP contribution in [-0.2, 0) is 17.8 Å². The maximum Gasteiger partial charge on any atom is 0.223 e. The van der Waals surface area contributed by atoms with E-state index in [1.807, 2.05) is 4.90 Å². The number of carbonyl (C=O) groups excluding carboxylic acids is 1. The zero-order valence-electron chi connectivity index (χ0n) is 15.0. The minimum absolute atomic E-state index is 0.0681. The lowest BCUT2D eigenvalue weighted by molar-refractivity contribution is -0.131. The second-order valence-corrected chi connectivity index (χ2v) is 6.71. The molecule has 25 heavy (non-hydrogen) atoms. The maximum atomic E-state index is 12.1. The molecule has 1 fully saturated rings. The lowest BCUT2D eigenvalue weighted by Gasteiger charge is -2.27. The first-order chi connectivity index (χ1) is 12.1. The van der Waals surface area contributed by atoms with Crippen molar-refractivity contribution in [2.24, 2.45) is 0 Å². The smallest absolute Gasteiger partial charge is 0.223 e. The van der Waals surface area contributed by atoms with E-state index in [1.54, 1.807) is 13.8 Å². The average molecular weight is 342 g/mol. The van der Waals surface area contributed by atoms with Crippen LogP contribution in [-0.4, -0.2) is 51.5 Å². The fourth-order valence-corrected chi connectivity index (χ4v) is 3.48. The molecule has 1 saturated heterocycles. The molecule has 0 saturated carbocycles. The Morgan fingerprint density at radius 3 is 2.84 bits per heavy atom. The van der Waals surface area contributed by atoms with Crippen LogP contribution < -0.4 is 0 Å². The molecular weight excluding hydrogens is 316 g/mol. The third kappa shape index (κ3) is 4.89. The van der Waals surface area contributed by atoms with Crippen LogP contribution in [0.4, 0.5) is 0 Å². The van der Waals surface area contributed by atoms with E-state index in [4.69, 9.17) is 4.52 Å². The first-order valence-electron chi connectivity index (χ1n) is 8.94. The monoisotopic (exact) mass is 342 g/mol. The fourth-order valence-electron chi connectivity index (χ4n) is 3.48. The Balaban J connectivity index is 1.48. The third-order valence-electron chi connectivity index (χ3n) is 4.76.